The van der Waals surface area contributed by atoms with Gasteiger partial charge in [-0.15, -0.1) is 0 Å². The van der Waals surface area contributed by atoms with Crippen molar-refractivity contribution in [2.24, 2.45) is 10.9 Å². The Morgan fingerprint density at radius 1 is 1.19 bits per heavy atom. The zero-order valence-corrected chi connectivity index (χ0v) is 13.0. The summed E-state index contributed by atoms with van der Waals surface area (Å²) in [6, 6.07) is 9.39. The zero-order chi connectivity index (χ0) is 15.7. The minimum atomic E-state index is -0.593. The first-order chi connectivity index (χ1) is 10.1. The van der Waals surface area contributed by atoms with Crippen molar-refractivity contribution in [3.05, 3.63) is 30.3 Å². The molecule has 1 atom stereocenters. The fourth-order valence-corrected chi connectivity index (χ4v) is 2.04. The molecule has 1 unspecified atom stereocenters. The lowest BCUT2D eigenvalue weighted by atomic mass is 9.96. The van der Waals surface area contributed by atoms with Crippen LogP contribution in [0.3, 0.4) is 0 Å². The van der Waals surface area contributed by atoms with Crippen LogP contribution in [0.2, 0.25) is 0 Å². The number of ether oxygens (including phenoxy) is 1. The predicted octanol–water partition coefficient (Wildman–Crippen LogP) is 3.72. The van der Waals surface area contributed by atoms with E-state index in [0.29, 0.717) is 18.7 Å². The second-order valence-corrected chi connectivity index (χ2v) is 4.89. The molecule has 1 rings (SSSR count). The molecule has 4 heteroatoms. The molecule has 0 fully saturated rings. The SMILES string of the molecule is CCCC(=O)CC(C(=O)OCC)C(C)=Nc1ccccc1. The maximum absolute atomic E-state index is 12.1. The Morgan fingerprint density at radius 3 is 2.43 bits per heavy atom. The van der Waals surface area contributed by atoms with Gasteiger partial charge in [0.25, 0.3) is 0 Å². The third-order valence-corrected chi connectivity index (χ3v) is 3.10. The van der Waals surface area contributed by atoms with Crippen molar-refractivity contribution in [1.29, 1.82) is 0 Å². The Labute approximate surface area is 126 Å². The van der Waals surface area contributed by atoms with Crippen LogP contribution < -0.4 is 0 Å². The zero-order valence-electron chi connectivity index (χ0n) is 13.0. The first-order valence-electron chi connectivity index (χ1n) is 7.37. The summed E-state index contributed by atoms with van der Waals surface area (Å²) in [5.74, 6) is -0.901. The lowest BCUT2D eigenvalue weighted by molar-refractivity contribution is -0.147. The van der Waals surface area contributed by atoms with Crippen molar-refractivity contribution in [2.75, 3.05) is 6.61 Å². The Hall–Kier alpha value is -1.97. The molecule has 21 heavy (non-hydrogen) atoms. The number of para-hydroxylation sites is 1. The fourth-order valence-electron chi connectivity index (χ4n) is 2.04. The van der Waals surface area contributed by atoms with Gasteiger partial charge in [0.05, 0.1) is 12.3 Å². The molecule has 0 amide bonds. The molecule has 4 nitrogen and oxygen atoms in total. The third kappa shape index (κ3) is 5.90. The second kappa shape index (κ2) is 9.06. The van der Waals surface area contributed by atoms with E-state index in [2.05, 4.69) is 4.99 Å². The molecule has 1 aromatic rings. The monoisotopic (exact) mass is 289 g/mol. The fraction of sp³-hybridized carbons (Fsp3) is 0.471. The Kier molecular flexibility index (Phi) is 7.37. The number of rotatable bonds is 8. The summed E-state index contributed by atoms with van der Waals surface area (Å²) in [4.78, 5) is 28.4. The van der Waals surface area contributed by atoms with Gasteiger partial charge in [0.15, 0.2) is 0 Å². The van der Waals surface area contributed by atoms with E-state index in [1.54, 1.807) is 13.8 Å². The van der Waals surface area contributed by atoms with Crippen LogP contribution in [0.1, 0.15) is 40.0 Å². The first kappa shape index (κ1) is 17.1. The van der Waals surface area contributed by atoms with Gasteiger partial charge < -0.3 is 4.74 Å². The molecule has 0 radical (unpaired) electrons. The number of benzene rings is 1. The quantitative estimate of drug-likeness (QED) is 0.541. The third-order valence-electron chi connectivity index (χ3n) is 3.10. The van der Waals surface area contributed by atoms with Gasteiger partial charge in [-0.05, 0) is 32.4 Å². The highest BCUT2D eigenvalue weighted by atomic mass is 16.5. The first-order valence-corrected chi connectivity index (χ1v) is 7.37. The number of nitrogens with zero attached hydrogens (tertiary/aromatic N) is 1. The molecule has 0 saturated heterocycles. The summed E-state index contributed by atoms with van der Waals surface area (Å²) in [6.45, 7) is 5.78. The number of carbonyl (C=O) groups is 2. The van der Waals surface area contributed by atoms with Gasteiger partial charge in [-0.1, -0.05) is 25.1 Å². The van der Waals surface area contributed by atoms with E-state index in [0.717, 1.165) is 12.1 Å². The van der Waals surface area contributed by atoms with Gasteiger partial charge in [-0.2, -0.15) is 0 Å². The van der Waals surface area contributed by atoms with Gasteiger partial charge in [-0.25, -0.2) is 0 Å². The van der Waals surface area contributed by atoms with E-state index >= 15 is 0 Å². The maximum Gasteiger partial charge on any atom is 0.315 e. The summed E-state index contributed by atoms with van der Waals surface area (Å²) in [5.41, 5.74) is 1.39. The van der Waals surface area contributed by atoms with Crippen molar-refractivity contribution in [3.8, 4) is 0 Å². The predicted molar refractivity (Wildman–Crippen MR) is 83.9 cm³/mol. The molecule has 114 valence electrons. The minimum Gasteiger partial charge on any atom is -0.465 e. The molecule has 0 aliphatic rings. The molecule has 1 aromatic carbocycles. The smallest absolute Gasteiger partial charge is 0.315 e. The van der Waals surface area contributed by atoms with Gasteiger partial charge in [0.2, 0.25) is 0 Å². The Balaban J connectivity index is 2.91. The van der Waals surface area contributed by atoms with E-state index in [1.165, 1.54) is 0 Å². The molecule has 0 heterocycles. The van der Waals surface area contributed by atoms with Crippen LogP contribution in [0.4, 0.5) is 5.69 Å². The normalized spacial score (nSPS) is 12.8. The van der Waals surface area contributed by atoms with Crippen LogP contribution in [0, 0.1) is 5.92 Å². The van der Waals surface area contributed by atoms with Gasteiger partial charge in [-0.3, -0.25) is 14.6 Å². The molecule has 0 saturated carbocycles. The van der Waals surface area contributed by atoms with Crippen LogP contribution in [0.5, 0.6) is 0 Å². The van der Waals surface area contributed by atoms with Crippen molar-refractivity contribution in [1.82, 2.24) is 0 Å². The summed E-state index contributed by atoms with van der Waals surface area (Å²) < 4.78 is 5.07. The minimum absolute atomic E-state index is 0.0677. The van der Waals surface area contributed by atoms with Crippen molar-refractivity contribution in [2.45, 2.75) is 40.0 Å². The van der Waals surface area contributed by atoms with Crippen LogP contribution in [0.15, 0.2) is 35.3 Å². The number of aliphatic imine (C=N–C) groups is 1. The van der Waals surface area contributed by atoms with Crippen molar-refractivity contribution < 1.29 is 14.3 Å². The summed E-state index contributed by atoms with van der Waals surface area (Å²) in [5, 5.41) is 0. The van der Waals surface area contributed by atoms with E-state index in [1.807, 2.05) is 37.3 Å². The standard InChI is InChI=1S/C17H23NO3/c1-4-9-15(19)12-16(17(20)21-5-2)13(3)18-14-10-7-6-8-11-14/h6-8,10-11,16H,4-5,9,12H2,1-3H3. The molecular formula is C17H23NO3. The van der Waals surface area contributed by atoms with E-state index < -0.39 is 5.92 Å². The van der Waals surface area contributed by atoms with E-state index in [9.17, 15) is 9.59 Å². The summed E-state index contributed by atoms with van der Waals surface area (Å²) in [6.07, 6.45) is 1.42. The molecule has 0 bridgehead atoms. The van der Waals surface area contributed by atoms with Crippen LogP contribution >= 0.6 is 0 Å². The molecule has 0 aliphatic carbocycles. The largest absolute Gasteiger partial charge is 0.465 e. The van der Waals surface area contributed by atoms with E-state index in [-0.39, 0.29) is 18.2 Å². The number of hydrogen-bond acceptors (Lipinski definition) is 4. The van der Waals surface area contributed by atoms with Crippen LogP contribution in [-0.2, 0) is 14.3 Å². The highest BCUT2D eigenvalue weighted by molar-refractivity contribution is 6.04. The van der Waals surface area contributed by atoms with Crippen LogP contribution in [0.25, 0.3) is 0 Å². The highest BCUT2D eigenvalue weighted by Crippen LogP contribution is 2.17. The number of esters is 1. The number of Topliss-reactive ketones (excluding diaryl/α,β-unsaturated/α-hetero) is 1. The number of carbonyl (C=O) groups excluding carboxylic acids is 2. The van der Waals surface area contributed by atoms with Gasteiger partial charge in [0, 0.05) is 18.6 Å². The summed E-state index contributed by atoms with van der Waals surface area (Å²) in [7, 11) is 0. The van der Waals surface area contributed by atoms with Gasteiger partial charge >= 0.3 is 5.97 Å². The number of ketones is 1. The van der Waals surface area contributed by atoms with Crippen LogP contribution in [-0.4, -0.2) is 24.1 Å². The Bertz CT molecular complexity index is 494. The highest BCUT2D eigenvalue weighted by Gasteiger charge is 2.25. The number of hydrogen-bond donors (Lipinski definition) is 0. The maximum atomic E-state index is 12.1. The second-order valence-electron chi connectivity index (χ2n) is 4.89. The van der Waals surface area contributed by atoms with Gasteiger partial charge in [0.1, 0.15) is 11.7 Å². The average Bonchev–Trinajstić information content (AvgIpc) is 2.46. The Morgan fingerprint density at radius 2 is 1.86 bits per heavy atom. The lowest BCUT2D eigenvalue weighted by Crippen LogP contribution is -2.27. The molecular weight excluding hydrogens is 266 g/mol. The van der Waals surface area contributed by atoms with Crippen molar-refractivity contribution >= 4 is 23.2 Å². The molecule has 0 N–H and O–H groups in total. The molecule has 0 aliphatic heterocycles. The summed E-state index contributed by atoms with van der Waals surface area (Å²) >= 11 is 0. The average molecular weight is 289 g/mol. The van der Waals surface area contributed by atoms with E-state index in [4.69, 9.17) is 4.74 Å². The topological polar surface area (TPSA) is 55.7 Å². The molecule has 0 spiro atoms. The lowest BCUT2D eigenvalue weighted by Gasteiger charge is -2.15. The van der Waals surface area contributed by atoms with Crippen molar-refractivity contribution in [3.63, 3.8) is 0 Å². The molecule has 0 aromatic heterocycles.